The Kier molecular flexibility index (Phi) is 5.37. The molecule has 0 bridgehead atoms. The minimum Gasteiger partial charge on any atom is -0.392 e. The van der Waals surface area contributed by atoms with Crippen LogP contribution in [0.15, 0.2) is 22.7 Å². The molecule has 0 aromatic heterocycles. The number of halogens is 1. The summed E-state index contributed by atoms with van der Waals surface area (Å²) in [5, 5.41) is 9.30. The van der Waals surface area contributed by atoms with Gasteiger partial charge in [0.15, 0.2) is 0 Å². The number of nitrogens with zero attached hydrogens (tertiary/aromatic N) is 1. The highest BCUT2D eigenvalue weighted by Gasteiger charge is 2.09. The molecule has 0 aliphatic heterocycles. The second kappa shape index (κ2) is 6.57. The zero-order chi connectivity index (χ0) is 12.0. The Labute approximate surface area is 105 Å². The summed E-state index contributed by atoms with van der Waals surface area (Å²) in [6.07, 6.45) is 6.39. The predicted octanol–water partition coefficient (Wildman–Crippen LogP) is 2.79. The zero-order valence-corrected chi connectivity index (χ0v) is 11.0. The maximum Gasteiger partial charge on any atom is 0.0791 e. The molecule has 0 atom stereocenters. The molecule has 16 heavy (non-hydrogen) atoms. The summed E-state index contributed by atoms with van der Waals surface area (Å²) in [7, 11) is 0. The van der Waals surface area contributed by atoms with Crippen molar-refractivity contribution < 1.29 is 5.11 Å². The topological polar surface area (TPSA) is 23.5 Å². The third-order valence-electron chi connectivity index (χ3n) is 2.33. The van der Waals surface area contributed by atoms with E-state index in [0.717, 1.165) is 28.7 Å². The molecule has 3 heteroatoms. The molecule has 1 N–H and O–H groups in total. The van der Waals surface area contributed by atoms with Crippen LogP contribution in [0.25, 0.3) is 0 Å². The van der Waals surface area contributed by atoms with E-state index in [1.165, 1.54) is 0 Å². The SMILES string of the molecule is C#CCN(CCC)c1cc(Br)ccc1CO. The Balaban J connectivity index is 3.06. The van der Waals surface area contributed by atoms with E-state index in [1.54, 1.807) is 0 Å². The summed E-state index contributed by atoms with van der Waals surface area (Å²) in [4.78, 5) is 2.11. The molecule has 0 heterocycles. The monoisotopic (exact) mass is 281 g/mol. The molecule has 86 valence electrons. The van der Waals surface area contributed by atoms with Gasteiger partial charge in [0.25, 0.3) is 0 Å². The van der Waals surface area contributed by atoms with Gasteiger partial charge < -0.3 is 10.0 Å². The fraction of sp³-hybridized carbons (Fsp3) is 0.385. The fourth-order valence-corrected chi connectivity index (χ4v) is 1.98. The van der Waals surface area contributed by atoms with Gasteiger partial charge in [-0.05, 0) is 18.6 Å². The van der Waals surface area contributed by atoms with Crippen molar-refractivity contribution in [2.45, 2.75) is 20.0 Å². The fourth-order valence-electron chi connectivity index (χ4n) is 1.63. The summed E-state index contributed by atoms with van der Waals surface area (Å²) in [6.45, 7) is 3.61. The smallest absolute Gasteiger partial charge is 0.0791 e. The summed E-state index contributed by atoms with van der Waals surface area (Å²) >= 11 is 3.44. The molecule has 0 fully saturated rings. The van der Waals surface area contributed by atoms with E-state index in [0.29, 0.717) is 6.54 Å². The van der Waals surface area contributed by atoms with Crippen LogP contribution in [-0.2, 0) is 6.61 Å². The minimum absolute atomic E-state index is 0.0351. The largest absolute Gasteiger partial charge is 0.392 e. The van der Waals surface area contributed by atoms with Gasteiger partial charge in [-0.15, -0.1) is 6.42 Å². The molecule has 0 amide bonds. The van der Waals surface area contributed by atoms with E-state index < -0.39 is 0 Å². The first-order valence-electron chi connectivity index (χ1n) is 5.30. The Morgan fingerprint density at radius 2 is 2.25 bits per heavy atom. The molecule has 1 aromatic carbocycles. The van der Waals surface area contributed by atoms with Crippen molar-refractivity contribution in [2.24, 2.45) is 0 Å². The lowest BCUT2D eigenvalue weighted by molar-refractivity contribution is 0.282. The average Bonchev–Trinajstić information content (AvgIpc) is 2.29. The lowest BCUT2D eigenvalue weighted by Gasteiger charge is -2.24. The number of anilines is 1. The first-order chi connectivity index (χ1) is 7.72. The van der Waals surface area contributed by atoms with Gasteiger partial charge in [-0.25, -0.2) is 0 Å². The van der Waals surface area contributed by atoms with Crippen LogP contribution in [0.5, 0.6) is 0 Å². The number of rotatable bonds is 5. The van der Waals surface area contributed by atoms with Gasteiger partial charge in [0.2, 0.25) is 0 Å². The third-order valence-corrected chi connectivity index (χ3v) is 2.83. The molecule has 0 saturated carbocycles. The van der Waals surface area contributed by atoms with Gasteiger partial charge in [0, 0.05) is 22.3 Å². The Morgan fingerprint density at radius 1 is 1.50 bits per heavy atom. The van der Waals surface area contributed by atoms with Crippen molar-refractivity contribution in [3.63, 3.8) is 0 Å². The predicted molar refractivity (Wildman–Crippen MR) is 71.4 cm³/mol. The van der Waals surface area contributed by atoms with E-state index in [9.17, 15) is 5.11 Å². The Morgan fingerprint density at radius 3 is 2.81 bits per heavy atom. The highest BCUT2D eigenvalue weighted by atomic mass is 79.9. The van der Waals surface area contributed by atoms with Gasteiger partial charge in [0.05, 0.1) is 13.2 Å². The molecular weight excluding hydrogens is 266 g/mol. The third kappa shape index (κ3) is 3.26. The van der Waals surface area contributed by atoms with Gasteiger partial charge in [0.1, 0.15) is 0 Å². The van der Waals surface area contributed by atoms with Crippen molar-refractivity contribution >= 4 is 21.6 Å². The van der Waals surface area contributed by atoms with Crippen LogP contribution >= 0.6 is 15.9 Å². The zero-order valence-electron chi connectivity index (χ0n) is 9.41. The molecule has 0 unspecified atom stereocenters. The normalized spacial score (nSPS) is 9.88. The molecule has 0 aliphatic rings. The summed E-state index contributed by atoms with van der Waals surface area (Å²) in [6, 6.07) is 5.84. The molecule has 1 rings (SSSR count). The molecule has 0 aliphatic carbocycles. The number of hydrogen-bond acceptors (Lipinski definition) is 2. The van der Waals surface area contributed by atoms with Crippen LogP contribution < -0.4 is 4.90 Å². The molecule has 0 saturated heterocycles. The lowest BCUT2D eigenvalue weighted by atomic mass is 10.1. The molecule has 1 aromatic rings. The average molecular weight is 282 g/mol. The van der Waals surface area contributed by atoms with Crippen molar-refractivity contribution in [1.29, 1.82) is 0 Å². The molecule has 2 nitrogen and oxygen atoms in total. The van der Waals surface area contributed by atoms with E-state index in [2.05, 4.69) is 33.7 Å². The highest BCUT2D eigenvalue weighted by Crippen LogP contribution is 2.25. The first-order valence-corrected chi connectivity index (χ1v) is 6.10. The van der Waals surface area contributed by atoms with Gasteiger partial charge >= 0.3 is 0 Å². The summed E-state index contributed by atoms with van der Waals surface area (Å²) < 4.78 is 0.998. The van der Waals surface area contributed by atoms with Crippen LogP contribution in [0.3, 0.4) is 0 Å². The van der Waals surface area contributed by atoms with E-state index in [1.807, 2.05) is 18.2 Å². The van der Waals surface area contributed by atoms with Gasteiger partial charge in [-0.3, -0.25) is 0 Å². The number of aliphatic hydroxyl groups is 1. The second-order valence-corrected chi connectivity index (χ2v) is 4.47. The van der Waals surface area contributed by atoms with Crippen molar-refractivity contribution in [2.75, 3.05) is 18.0 Å². The van der Waals surface area contributed by atoms with Crippen molar-refractivity contribution in [3.05, 3.63) is 28.2 Å². The van der Waals surface area contributed by atoms with E-state index in [4.69, 9.17) is 6.42 Å². The van der Waals surface area contributed by atoms with E-state index in [-0.39, 0.29) is 6.61 Å². The maximum absolute atomic E-state index is 9.30. The van der Waals surface area contributed by atoms with Gasteiger partial charge in [-0.1, -0.05) is 34.8 Å². The number of benzene rings is 1. The summed E-state index contributed by atoms with van der Waals surface area (Å²) in [5.41, 5.74) is 1.92. The molecular formula is C13H16BrNO. The van der Waals surface area contributed by atoms with Crippen LogP contribution in [0.4, 0.5) is 5.69 Å². The second-order valence-electron chi connectivity index (χ2n) is 3.56. The standard InChI is InChI=1S/C13H16BrNO/c1-3-7-15(8-4-2)13-9-12(14)6-5-11(13)10-16/h1,5-6,9,16H,4,7-8,10H2,2H3. The van der Waals surface area contributed by atoms with Gasteiger partial charge in [-0.2, -0.15) is 0 Å². The lowest BCUT2D eigenvalue weighted by Crippen LogP contribution is -2.25. The first kappa shape index (κ1) is 13.1. The Bertz CT molecular complexity index is 384. The number of terminal acetylenes is 1. The minimum atomic E-state index is 0.0351. The number of hydrogen-bond donors (Lipinski definition) is 1. The van der Waals surface area contributed by atoms with Crippen molar-refractivity contribution in [1.82, 2.24) is 0 Å². The molecule has 0 spiro atoms. The highest BCUT2D eigenvalue weighted by molar-refractivity contribution is 9.10. The molecule has 0 radical (unpaired) electrons. The number of aliphatic hydroxyl groups excluding tert-OH is 1. The summed E-state index contributed by atoms with van der Waals surface area (Å²) in [5.74, 6) is 2.65. The quantitative estimate of drug-likeness (QED) is 0.839. The van der Waals surface area contributed by atoms with Crippen LogP contribution in [0, 0.1) is 12.3 Å². The van der Waals surface area contributed by atoms with E-state index >= 15 is 0 Å². The van der Waals surface area contributed by atoms with Crippen molar-refractivity contribution in [3.8, 4) is 12.3 Å². The maximum atomic E-state index is 9.30. The Hall–Kier alpha value is -0.980. The van der Waals surface area contributed by atoms with Crippen LogP contribution in [-0.4, -0.2) is 18.2 Å². The van der Waals surface area contributed by atoms with Crippen LogP contribution in [0.1, 0.15) is 18.9 Å². The van der Waals surface area contributed by atoms with Crippen LogP contribution in [0.2, 0.25) is 0 Å².